The molecule has 86 valence electrons. The monoisotopic (exact) mass is 216 g/mol. The van der Waals surface area contributed by atoms with E-state index in [0.717, 1.165) is 4.90 Å². The number of nitrogens with zero attached hydrogens (tertiary/aromatic N) is 1. The van der Waals surface area contributed by atoms with Crippen LogP contribution in [0.3, 0.4) is 0 Å². The van der Waals surface area contributed by atoms with E-state index < -0.39 is 30.1 Å². The zero-order valence-corrected chi connectivity index (χ0v) is 8.59. The molecule has 3 atom stereocenters. The fraction of sp³-hybridized carbons (Fsp3) is 0.778. The molecule has 0 bridgehead atoms. The highest BCUT2D eigenvalue weighted by Crippen LogP contribution is 2.19. The number of amides is 1. The Morgan fingerprint density at radius 3 is 2.67 bits per heavy atom. The van der Waals surface area contributed by atoms with E-state index in [1.54, 1.807) is 6.92 Å². The molecule has 1 unspecified atom stereocenters. The van der Waals surface area contributed by atoms with Crippen LogP contribution in [0.5, 0.6) is 0 Å². The van der Waals surface area contributed by atoms with Crippen LogP contribution in [-0.4, -0.2) is 51.7 Å². The van der Waals surface area contributed by atoms with E-state index in [0.29, 0.717) is 6.42 Å². The van der Waals surface area contributed by atoms with Crippen LogP contribution < -0.4 is 5.73 Å². The Hall–Kier alpha value is -1.14. The number of β-amino-alcohol motifs (C(OH)–C–C–N with tert-alkyl or cyclic N) is 1. The summed E-state index contributed by atoms with van der Waals surface area (Å²) in [6.45, 7) is 1.81. The standard InChI is InChI=1S/C9H16N2O4/c1-2-6(10)8(13)11-4-5(12)3-7(11)9(14)15/h5-7,12H,2-4,10H2,1H3,(H,14,15)/t5-,6?,7-/m1/s1. The van der Waals surface area contributed by atoms with Crippen LogP contribution in [-0.2, 0) is 9.59 Å². The number of carboxylic acid groups (broad SMARTS) is 1. The molecule has 0 saturated carbocycles. The number of rotatable bonds is 3. The van der Waals surface area contributed by atoms with Crippen LogP contribution in [0, 0.1) is 0 Å². The van der Waals surface area contributed by atoms with Gasteiger partial charge in [0.15, 0.2) is 0 Å². The summed E-state index contributed by atoms with van der Waals surface area (Å²) in [5.74, 6) is -1.50. The minimum absolute atomic E-state index is 0.0590. The highest BCUT2D eigenvalue weighted by atomic mass is 16.4. The fourth-order valence-electron chi connectivity index (χ4n) is 1.68. The topological polar surface area (TPSA) is 104 Å². The molecule has 1 heterocycles. The van der Waals surface area contributed by atoms with E-state index in [9.17, 15) is 14.7 Å². The second-order valence-electron chi connectivity index (χ2n) is 3.75. The van der Waals surface area contributed by atoms with Crippen molar-refractivity contribution in [1.29, 1.82) is 0 Å². The maximum atomic E-state index is 11.7. The first kappa shape index (κ1) is 11.9. The van der Waals surface area contributed by atoms with Gasteiger partial charge in [-0.15, -0.1) is 0 Å². The number of aliphatic hydroxyl groups excluding tert-OH is 1. The van der Waals surface area contributed by atoms with E-state index in [-0.39, 0.29) is 13.0 Å². The van der Waals surface area contributed by atoms with Crippen LogP contribution in [0.4, 0.5) is 0 Å². The predicted molar refractivity (Wildman–Crippen MR) is 52.0 cm³/mol. The highest BCUT2D eigenvalue weighted by Gasteiger charge is 2.39. The molecule has 1 aliphatic rings. The first-order valence-corrected chi connectivity index (χ1v) is 4.94. The molecule has 15 heavy (non-hydrogen) atoms. The van der Waals surface area contributed by atoms with E-state index in [4.69, 9.17) is 10.8 Å². The Morgan fingerprint density at radius 1 is 1.60 bits per heavy atom. The highest BCUT2D eigenvalue weighted by molar-refractivity contribution is 5.87. The first-order valence-electron chi connectivity index (χ1n) is 4.94. The molecule has 1 fully saturated rings. The summed E-state index contributed by atoms with van der Waals surface area (Å²) in [6, 6.07) is -1.62. The molecule has 1 aliphatic heterocycles. The molecule has 0 spiro atoms. The average Bonchev–Trinajstić information content (AvgIpc) is 2.58. The average molecular weight is 216 g/mol. The molecule has 0 aromatic carbocycles. The van der Waals surface area contributed by atoms with Crippen molar-refractivity contribution in [3.05, 3.63) is 0 Å². The summed E-state index contributed by atoms with van der Waals surface area (Å²) in [6.07, 6.45) is -0.228. The summed E-state index contributed by atoms with van der Waals surface area (Å²) in [7, 11) is 0. The van der Waals surface area contributed by atoms with Crippen molar-refractivity contribution in [2.75, 3.05) is 6.54 Å². The van der Waals surface area contributed by atoms with Crippen molar-refractivity contribution in [3.63, 3.8) is 0 Å². The number of carbonyl (C=O) groups is 2. The number of carbonyl (C=O) groups excluding carboxylic acids is 1. The van der Waals surface area contributed by atoms with Crippen LogP contribution in [0.15, 0.2) is 0 Å². The van der Waals surface area contributed by atoms with Gasteiger partial charge in [-0.2, -0.15) is 0 Å². The lowest BCUT2D eigenvalue weighted by atomic mass is 10.1. The van der Waals surface area contributed by atoms with Gasteiger partial charge in [0.25, 0.3) is 0 Å². The van der Waals surface area contributed by atoms with Crippen LogP contribution in [0.2, 0.25) is 0 Å². The number of aliphatic carboxylic acids is 1. The van der Waals surface area contributed by atoms with Crippen molar-refractivity contribution in [2.24, 2.45) is 5.73 Å². The van der Waals surface area contributed by atoms with Gasteiger partial charge >= 0.3 is 5.97 Å². The van der Waals surface area contributed by atoms with E-state index in [2.05, 4.69) is 0 Å². The third-order valence-corrected chi connectivity index (χ3v) is 2.60. The zero-order valence-electron chi connectivity index (χ0n) is 8.59. The minimum Gasteiger partial charge on any atom is -0.480 e. The number of hydrogen-bond donors (Lipinski definition) is 3. The summed E-state index contributed by atoms with van der Waals surface area (Å²) in [5.41, 5.74) is 5.54. The second-order valence-corrected chi connectivity index (χ2v) is 3.75. The largest absolute Gasteiger partial charge is 0.480 e. The molecule has 4 N–H and O–H groups in total. The van der Waals surface area contributed by atoms with Gasteiger partial charge in [-0.1, -0.05) is 6.92 Å². The normalized spacial score (nSPS) is 27.8. The van der Waals surface area contributed by atoms with E-state index in [1.165, 1.54) is 0 Å². The zero-order chi connectivity index (χ0) is 11.6. The number of hydrogen-bond acceptors (Lipinski definition) is 4. The summed E-state index contributed by atoms with van der Waals surface area (Å²) in [4.78, 5) is 23.6. The van der Waals surface area contributed by atoms with Gasteiger partial charge in [0, 0.05) is 13.0 Å². The maximum Gasteiger partial charge on any atom is 0.326 e. The van der Waals surface area contributed by atoms with Gasteiger partial charge in [0.2, 0.25) is 5.91 Å². The smallest absolute Gasteiger partial charge is 0.326 e. The Kier molecular flexibility index (Phi) is 3.65. The Bertz CT molecular complexity index is 269. The lowest BCUT2D eigenvalue weighted by Crippen LogP contribution is -2.48. The minimum atomic E-state index is -1.09. The molecule has 0 radical (unpaired) electrons. The number of nitrogens with two attached hydrogens (primary N) is 1. The molecule has 0 aliphatic carbocycles. The third-order valence-electron chi connectivity index (χ3n) is 2.60. The summed E-state index contributed by atoms with van der Waals surface area (Å²) in [5, 5.41) is 18.2. The van der Waals surface area contributed by atoms with Crippen LogP contribution in [0.25, 0.3) is 0 Å². The van der Waals surface area contributed by atoms with Crippen molar-refractivity contribution >= 4 is 11.9 Å². The maximum absolute atomic E-state index is 11.7. The molecule has 0 aromatic heterocycles. The third kappa shape index (κ3) is 2.45. The quantitative estimate of drug-likeness (QED) is 0.548. The van der Waals surface area contributed by atoms with E-state index in [1.807, 2.05) is 0 Å². The SMILES string of the molecule is CCC(N)C(=O)N1C[C@H](O)C[C@@H]1C(=O)O. The molecular weight excluding hydrogens is 200 g/mol. The molecule has 6 heteroatoms. The van der Waals surface area contributed by atoms with E-state index >= 15 is 0 Å². The van der Waals surface area contributed by atoms with Gasteiger partial charge in [-0.25, -0.2) is 4.79 Å². The molecule has 0 aromatic rings. The van der Waals surface area contributed by atoms with Crippen molar-refractivity contribution in [2.45, 2.75) is 38.0 Å². The fourth-order valence-corrected chi connectivity index (χ4v) is 1.68. The van der Waals surface area contributed by atoms with Crippen LogP contribution >= 0.6 is 0 Å². The predicted octanol–water partition coefficient (Wildman–Crippen LogP) is -1.23. The van der Waals surface area contributed by atoms with Crippen molar-refractivity contribution in [3.8, 4) is 0 Å². The lowest BCUT2D eigenvalue weighted by Gasteiger charge is -2.23. The summed E-state index contributed by atoms with van der Waals surface area (Å²) >= 11 is 0. The Labute approximate surface area is 87.7 Å². The van der Waals surface area contributed by atoms with Crippen LogP contribution in [0.1, 0.15) is 19.8 Å². The summed E-state index contributed by atoms with van der Waals surface area (Å²) < 4.78 is 0. The van der Waals surface area contributed by atoms with Gasteiger partial charge in [-0.3, -0.25) is 4.79 Å². The molecular formula is C9H16N2O4. The van der Waals surface area contributed by atoms with Gasteiger partial charge in [-0.05, 0) is 6.42 Å². The Morgan fingerprint density at radius 2 is 2.20 bits per heavy atom. The second kappa shape index (κ2) is 4.59. The Balaban J connectivity index is 2.75. The molecule has 1 rings (SSSR count). The van der Waals surface area contributed by atoms with Gasteiger partial charge < -0.3 is 20.8 Å². The molecule has 1 amide bonds. The number of likely N-dealkylation sites (tertiary alicyclic amines) is 1. The van der Waals surface area contributed by atoms with Crippen molar-refractivity contribution < 1.29 is 19.8 Å². The first-order chi connectivity index (χ1) is 6.97. The lowest BCUT2D eigenvalue weighted by molar-refractivity contribution is -0.148. The van der Waals surface area contributed by atoms with Crippen molar-refractivity contribution in [1.82, 2.24) is 4.90 Å². The number of aliphatic hydroxyl groups is 1. The molecule has 6 nitrogen and oxygen atoms in total. The number of carboxylic acids is 1. The van der Waals surface area contributed by atoms with Gasteiger partial charge in [0.1, 0.15) is 6.04 Å². The van der Waals surface area contributed by atoms with Gasteiger partial charge in [0.05, 0.1) is 12.1 Å². The molecule has 1 saturated heterocycles.